The lowest BCUT2D eigenvalue weighted by Crippen LogP contribution is -2.29. The molecular formula is C12H16ClNO. The van der Waals surface area contributed by atoms with Gasteiger partial charge < -0.3 is 5.32 Å². The topological polar surface area (TPSA) is 29.1 Å². The van der Waals surface area contributed by atoms with Gasteiger partial charge in [-0.15, -0.1) is 0 Å². The monoisotopic (exact) mass is 225 g/mol. The number of nitrogens with one attached hydrogen (secondary N) is 1. The van der Waals surface area contributed by atoms with Crippen LogP contribution in [0.2, 0.25) is 5.02 Å². The van der Waals surface area contributed by atoms with Crippen LogP contribution < -0.4 is 5.32 Å². The first-order valence-corrected chi connectivity index (χ1v) is 5.41. The summed E-state index contributed by atoms with van der Waals surface area (Å²) in [5.41, 5.74) is 1.01. The number of carbonyl (C=O) groups is 1. The summed E-state index contributed by atoms with van der Waals surface area (Å²) < 4.78 is 0. The standard InChI is InChI=1S/C12H16ClNO/c1-8(2)11(12(15)14-3)9-4-6-10(13)7-5-9/h4-8,11H,1-3H3,(H,14,15). The minimum atomic E-state index is -0.104. The fourth-order valence-corrected chi connectivity index (χ4v) is 1.79. The van der Waals surface area contributed by atoms with Crippen LogP contribution in [0, 0.1) is 5.92 Å². The molecule has 0 spiro atoms. The van der Waals surface area contributed by atoms with Crippen molar-refractivity contribution in [3.05, 3.63) is 34.9 Å². The number of amides is 1. The molecule has 0 saturated heterocycles. The molecular weight excluding hydrogens is 210 g/mol. The molecule has 1 aromatic carbocycles. The normalized spacial score (nSPS) is 12.6. The Hall–Kier alpha value is -1.02. The van der Waals surface area contributed by atoms with E-state index in [2.05, 4.69) is 5.32 Å². The zero-order valence-electron chi connectivity index (χ0n) is 9.25. The average molecular weight is 226 g/mol. The fourth-order valence-electron chi connectivity index (χ4n) is 1.66. The second-order valence-corrected chi connectivity index (χ2v) is 4.32. The summed E-state index contributed by atoms with van der Waals surface area (Å²) in [5.74, 6) is 0.214. The van der Waals surface area contributed by atoms with E-state index < -0.39 is 0 Å². The molecule has 0 aliphatic carbocycles. The molecule has 0 bridgehead atoms. The molecule has 0 saturated carbocycles. The van der Waals surface area contributed by atoms with Crippen LogP contribution in [-0.4, -0.2) is 13.0 Å². The molecule has 3 heteroatoms. The van der Waals surface area contributed by atoms with Gasteiger partial charge in [0.25, 0.3) is 0 Å². The molecule has 2 nitrogen and oxygen atoms in total. The van der Waals surface area contributed by atoms with Crippen LogP contribution in [0.3, 0.4) is 0 Å². The fraction of sp³-hybridized carbons (Fsp3) is 0.417. The van der Waals surface area contributed by atoms with Crippen molar-refractivity contribution in [2.75, 3.05) is 7.05 Å². The van der Waals surface area contributed by atoms with E-state index in [1.165, 1.54) is 0 Å². The highest BCUT2D eigenvalue weighted by molar-refractivity contribution is 6.30. The maximum Gasteiger partial charge on any atom is 0.227 e. The minimum absolute atomic E-state index is 0.0484. The summed E-state index contributed by atoms with van der Waals surface area (Å²) in [6.07, 6.45) is 0. The number of hydrogen-bond donors (Lipinski definition) is 1. The minimum Gasteiger partial charge on any atom is -0.359 e. The number of halogens is 1. The maximum atomic E-state index is 11.7. The van der Waals surface area contributed by atoms with Gasteiger partial charge in [0.2, 0.25) is 5.91 Å². The van der Waals surface area contributed by atoms with E-state index in [9.17, 15) is 4.79 Å². The molecule has 15 heavy (non-hydrogen) atoms. The molecule has 0 aliphatic heterocycles. The summed E-state index contributed by atoms with van der Waals surface area (Å²) in [4.78, 5) is 11.7. The van der Waals surface area contributed by atoms with Crippen LogP contribution in [0.15, 0.2) is 24.3 Å². The Morgan fingerprint density at radius 2 is 1.80 bits per heavy atom. The zero-order valence-corrected chi connectivity index (χ0v) is 10.0. The molecule has 82 valence electrons. The van der Waals surface area contributed by atoms with E-state index in [1.54, 1.807) is 7.05 Å². The quantitative estimate of drug-likeness (QED) is 0.842. The Bertz CT molecular complexity index is 332. The highest BCUT2D eigenvalue weighted by Gasteiger charge is 2.22. The smallest absolute Gasteiger partial charge is 0.227 e. The van der Waals surface area contributed by atoms with Gasteiger partial charge in [-0.2, -0.15) is 0 Å². The number of likely N-dealkylation sites (N-methyl/N-ethyl adjacent to an activating group) is 1. The van der Waals surface area contributed by atoms with Gasteiger partial charge in [-0.25, -0.2) is 0 Å². The zero-order chi connectivity index (χ0) is 11.4. The van der Waals surface area contributed by atoms with Gasteiger partial charge in [0.1, 0.15) is 0 Å². The SMILES string of the molecule is CNC(=O)C(c1ccc(Cl)cc1)C(C)C. The predicted molar refractivity (Wildman–Crippen MR) is 63.1 cm³/mol. The van der Waals surface area contributed by atoms with E-state index in [0.717, 1.165) is 5.56 Å². The van der Waals surface area contributed by atoms with Crippen molar-refractivity contribution in [1.82, 2.24) is 5.32 Å². The van der Waals surface area contributed by atoms with E-state index >= 15 is 0 Å². The van der Waals surface area contributed by atoms with E-state index in [4.69, 9.17) is 11.6 Å². The van der Waals surface area contributed by atoms with Gasteiger partial charge in [0.15, 0.2) is 0 Å². The van der Waals surface area contributed by atoms with Crippen LogP contribution in [0.25, 0.3) is 0 Å². The summed E-state index contributed by atoms with van der Waals surface area (Å²) in [6, 6.07) is 7.44. The average Bonchev–Trinajstić information content (AvgIpc) is 2.20. The Morgan fingerprint density at radius 3 is 2.20 bits per heavy atom. The van der Waals surface area contributed by atoms with Crippen molar-refractivity contribution < 1.29 is 4.79 Å². The molecule has 1 unspecified atom stereocenters. The third-order valence-corrected chi connectivity index (χ3v) is 2.68. The van der Waals surface area contributed by atoms with Gasteiger partial charge >= 0.3 is 0 Å². The Kier molecular flexibility index (Phi) is 4.15. The molecule has 0 aliphatic rings. The van der Waals surface area contributed by atoms with Gasteiger partial charge in [-0.05, 0) is 23.6 Å². The lowest BCUT2D eigenvalue weighted by atomic mass is 9.88. The van der Waals surface area contributed by atoms with E-state index in [-0.39, 0.29) is 17.7 Å². The van der Waals surface area contributed by atoms with Gasteiger partial charge in [-0.3, -0.25) is 4.79 Å². The number of hydrogen-bond acceptors (Lipinski definition) is 1. The first-order valence-electron chi connectivity index (χ1n) is 5.03. The third-order valence-electron chi connectivity index (χ3n) is 2.42. The summed E-state index contributed by atoms with van der Waals surface area (Å²) >= 11 is 5.81. The highest BCUT2D eigenvalue weighted by Crippen LogP contribution is 2.25. The molecule has 1 atom stereocenters. The third kappa shape index (κ3) is 2.96. The summed E-state index contributed by atoms with van der Waals surface area (Å²) in [6.45, 7) is 4.07. The van der Waals surface area contributed by atoms with Crippen LogP contribution in [0.4, 0.5) is 0 Å². The number of carbonyl (C=O) groups excluding carboxylic acids is 1. The van der Waals surface area contributed by atoms with Crippen molar-refractivity contribution in [3.63, 3.8) is 0 Å². The van der Waals surface area contributed by atoms with Crippen LogP contribution in [-0.2, 0) is 4.79 Å². The second kappa shape index (κ2) is 5.17. The molecule has 0 aromatic heterocycles. The molecule has 0 radical (unpaired) electrons. The Balaban J connectivity index is 2.99. The van der Waals surface area contributed by atoms with Crippen molar-refractivity contribution in [3.8, 4) is 0 Å². The lowest BCUT2D eigenvalue weighted by molar-refractivity contribution is -0.123. The predicted octanol–water partition coefficient (Wildman–Crippen LogP) is 2.83. The lowest BCUT2D eigenvalue weighted by Gasteiger charge is -2.19. The number of benzene rings is 1. The van der Waals surface area contributed by atoms with Gasteiger partial charge in [-0.1, -0.05) is 37.6 Å². The van der Waals surface area contributed by atoms with Crippen molar-refractivity contribution >= 4 is 17.5 Å². The van der Waals surface area contributed by atoms with Crippen molar-refractivity contribution in [2.24, 2.45) is 5.92 Å². The van der Waals surface area contributed by atoms with Crippen molar-refractivity contribution in [1.29, 1.82) is 0 Å². The van der Waals surface area contributed by atoms with E-state index in [0.29, 0.717) is 5.02 Å². The Labute approximate surface area is 95.6 Å². The first kappa shape index (κ1) is 12.1. The van der Waals surface area contributed by atoms with Crippen LogP contribution >= 0.6 is 11.6 Å². The second-order valence-electron chi connectivity index (χ2n) is 3.89. The molecule has 1 aromatic rings. The summed E-state index contributed by atoms with van der Waals surface area (Å²) in [5, 5.41) is 3.38. The van der Waals surface area contributed by atoms with Crippen LogP contribution in [0.1, 0.15) is 25.3 Å². The largest absolute Gasteiger partial charge is 0.359 e. The first-order chi connectivity index (χ1) is 7.06. The highest BCUT2D eigenvalue weighted by atomic mass is 35.5. The molecule has 1 amide bonds. The molecule has 0 fully saturated rings. The maximum absolute atomic E-state index is 11.7. The molecule has 0 heterocycles. The van der Waals surface area contributed by atoms with Crippen molar-refractivity contribution in [2.45, 2.75) is 19.8 Å². The number of rotatable bonds is 3. The van der Waals surface area contributed by atoms with E-state index in [1.807, 2.05) is 38.1 Å². The molecule has 1 rings (SSSR count). The van der Waals surface area contributed by atoms with Gasteiger partial charge in [0, 0.05) is 12.1 Å². The molecule has 1 N–H and O–H groups in total. The van der Waals surface area contributed by atoms with Gasteiger partial charge in [0.05, 0.1) is 5.92 Å². The summed E-state index contributed by atoms with van der Waals surface area (Å²) in [7, 11) is 1.66. The van der Waals surface area contributed by atoms with Crippen LogP contribution in [0.5, 0.6) is 0 Å². The Morgan fingerprint density at radius 1 is 1.27 bits per heavy atom.